The zero-order valence-corrected chi connectivity index (χ0v) is 15.3. The van der Waals surface area contributed by atoms with Crippen LogP contribution in [0.15, 0.2) is 48.5 Å². The standard InChI is InChI=1S/C17H14ClF6N3O2/c1-29-13-7-5-10(6-8-13)14(28)25-15(16(19,20)21,17(22,23)24)27-26-12-4-2-3-11(18)9-12/h2-9,26-27H,1H3,(H,25,28). The van der Waals surface area contributed by atoms with Crippen molar-refractivity contribution in [2.75, 3.05) is 12.5 Å². The summed E-state index contributed by atoms with van der Waals surface area (Å²) >= 11 is 5.67. The Bertz CT molecular complexity index is 841. The normalized spacial score (nSPS) is 12.4. The highest BCUT2D eigenvalue weighted by atomic mass is 35.5. The van der Waals surface area contributed by atoms with Crippen LogP contribution in [-0.4, -0.2) is 31.0 Å². The number of hydrogen-bond donors (Lipinski definition) is 3. The zero-order chi connectivity index (χ0) is 21.9. The number of ether oxygens (including phenoxy) is 1. The highest BCUT2D eigenvalue weighted by molar-refractivity contribution is 6.30. The molecule has 0 fully saturated rings. The van der Waals surface area contributed by atoms with E-state index in [2.05, 4.69) is 0 Å². The summed E-state index contributed by atoms with van der Waals surface area (Å²) < 4.78 is 86.2. The number of anilines is 1. The number of carbonyl (C=O) groups is 1. The van der Waals surface area contributed by atoms with E-state index in [1.165, 1.54) is 37.4 Å². The first kappa shape index (κ1) is 22.6. The molecule has 158 valence electrons. The Hall–Kier alpha value is -2.66. The van der Waals surface area contributed by atoms with E-state index in [1.807, 2.05) is 0 Å². The molecule has 0 spiro atoms. The van der Waals surface area contributed by atoms with Crippen LogP contribution in [0.1, 0.15) is 10.4 Å². The Labute approximate surface area is 166 Å². The van der Waals surface area contributed by atoms with Crippen molar-refractivity contribution in [3.05, 3.63) is 59.1 Å². The lowest BCUT2D eigenvalue weighted by molar-refractivity contribution is -0.312. The van der Waals surface area contributed by atoms with E-state index in [-0.39, 0.29) is 16.5 Å². The number of hydrazine groups is 1. The van der Waals surface area contributed by atoms with Crippen LogP contribution in [0.25, 0.3) is 0 Å². The van der Waals surface area contributed by atoms with Crippen molar-refractivity contribution < 1.29 is 35.9 Å². The SMILES string of the molecule is COc1ccc(C(=O)NC(NNc2cccc(Cl)c2)(C(F)(F)F)C(F)(F)F)cc1. The molecule has 0 aliphatic rings. The smallest absolute Gasteiger partial charge is 0.436 e. The third-order valence-electron chi connectivity index (χ3n) is 3.72. The van der Waals surface area contributed by atoms with Crippen molar-refractivity contribution in [1.82, 2.24) is 10.7 Å². The molecule has 5 nitrogen and oxygen atoms in total. The number of rotatable bonds is 6. The van der Waals surface area contributed by atoms with Crippen molar-refractivity contribution in [3.8, 4) is 5.75 Å². The van der Waals surface area contributed by atoms with Crippen molar-refractivity contribution in [3.63, 3.8) is 0 Å². The average molecular weight is 442 g/mol. The quantitative estimate of drug-likeness (QED) is 0.350. The number of carbonyl (C=O) groups excluding carboxylic acids is 1. The van der Waals surface area contributed by atoms with Crippen LogP contribution >= 0.6 is 11.6 Å². The van der Waals surface area contributed by atoms with Gasteiger partial charge in [0, 0.05) is 10.6 Å². The fourth-order valence-electron chi connectivity index (χ4n) is 2.19. The molecule has 0 aromatic heterocycles. The summed E-state index contributed by atoms with van der Waals surface area (Å²) in [5, 5.41) is 1.09. The Kier molecular flexibility index (Phi) is 6.53. The summed E-state index contributed by atoms with van der Waals surface area (Å²) in [7, 11) is 1.30. The molecular formula is C17H14ClF6N3O2. The second kappa shape index (κ2) is 8.37. The third-order valence-corrected chi connectivity index (χ3v) is 3.96. The molecule has 3 N–H and O–H groups in total. The number of amides is 1. The summed E-state index contributed by atoms with van der Waals surface area (Å²) in [6, 6.07) is 9.44. The first-order valence-corrected chi connectivity index (χ1v) is 8.16. The van der Waals surface area contributed by atoms with Crippen LogP contribution in [0.4, 0.5) is 32.0 Å². The fraction of sp³-hybridized carbons (Fsp3) is 0.235. The molecule has 0 unspecified atom stereocenters. The Morgan fingerprint density at radius 2 is 1.55 bits per heavy atom. The first-order chi connectivity index (χ1) is 13.4. The molecule has 2 aromatic carbocycles. The van der Waals surface area contributed by atoms with Crippen molar-refractivity contribution >= 4 is 23.2 Å². The number of hydrogen-bond acceptors (Lipinski definition) is 4. The molecule has 12 heteroatoms. The second-order valence-electron chi connectivity index (χ2n) is 5.69. The molecule has 0 radical (unpaired) electrons. The highest BCUT2D eigenvalue weighted by Gasteiger charge is 2.72. The Morgan fingerprint density at radius 3 is 2.03 bits per heavy atom. The van der Waals surface area contributed by atoms with Gasteiger partial charge in [0.1, 0.15) is 5.75 Å². The second-order valence-corrected chi connectivity index (χ2v) is 6.12. The van der Waals surface area contributed by atoms with Gasteiger partial charge in [-0.3, -0.25) is 4.79 Å². The average Bonchev–Trinajstić information content (AvgIpc) is 2.63. The topological polar surface area (TPSA) is 62.4 Å². The molecular weight excluding hydrogens is 428 g/mol. The van der Waals surface area contributed by atoms with Crippen LogP contribution in [0.3, 0.4) is 0 Å². The van der Waals surface area contributed by atoms with Crippen molar-refractivity contribution in [2.45, 2.75) is 18.0 Å². The van der Waals surface area contributed by atoms with E-state index in [0.29, 0.717) is 0 Å². The van der Waals surface area contributed by atoms with Gasteiger partial charge in [0.25, 0.3) is 5.91 Å². The number of nitrogens with one attached hydrogen (secondary N) is 3. The van der Waals surface area contributed by atoms with Gasteiger partial charge in [-0.2, -0.15) is 31.8 Å². The summed E-state index contributed by atoms with van der Waals surface area (Å²) in [6.07, 6.45) is -11.9. The molecule has 0 aliphatic heterocycles. The molecule has 0 heterocycles. The van der Waals surface area contributed by atoms with E-state index in [1.54, 1.807) is 5.43 Å². The summed E-state index contributed by atoms with van der Waals surface area (Å²) in [5.41, 5.74) is -2.45. The minimum Gasteiger partial charge on any atom is -0.497 e. The van der Waals surface area contributed by atoms with Gasteiger partial charge in [-0.05, 0) is 42.5 Å². The van der Waals surface area contributed by atoms with Crippen LogP contribution in [0.5, 0.6) is 5.75 Å². The van der Waals surface area contributed by atoms with Crippen LogP contribution in [-0.2, 0) is 0 Å². The molecule has 2 rings (SSSR count). The van der Waals surface area contributed by atoms with Gasteiger partial charge in [0.15, 0.2) is 0 Å². The van der Waals surface area contributed by atoms with Gasteiger partial charge >= 0.3 is 18.0 Å². The maximum atomic E-state index is 13.6. The number of benzene rings is 2. The lowest BCUT2D eigenvalue weighted by Crippen LogP contribution is -2.76. The van der Waals surface area contributed by atoms with Gasteiger partial charge in [0.2, 0.25) is 0 Å². The predicted molar refractivity (Wildman–Crippen MR) is 93.5 cm³/mol. The molecule has 0 bridgehead atoms. The predicted octanol–water partition coefficient (Wildman–Crippen LogP) is 4.52. The largest absolute Gasteiger partial charge is 0.497 e. The van der Waals surface area contributed by atoms with Crippen LogP contribution in [0.2, 0.25) is 5.02 Å². The molecule has 29 heavy (non-hydrogen) atoms. The summed E-state index contributed by atoms with van der Waals surface area (Å²) in [4.78, 5) is 12.2. The van der Waals surface area contributed by atoms with Gasteiger partial charge in [0.05, 0.1) is 12.8 Å². The van der Waals surface area contributed by atoms with E-state index in [0.717, 1.165) is 28.9 Å². The van der Waals surface area contributed by atoms with E-state index in [9.17, 15) is 31.1 Å². The van der Waals surface area contributed by atoms with Gasteiger partial charge in [-0.25, -0.2) is 0 Å². The molecule has 2 aromatic rings. The van der Waals surface area contributed by atoms with Gasteiger partial charge < -0.3 is 15.5 Å². The van der Waals surface area contributed by atoms with Crippen molar-refractivity contribution in [2.24, 2.45) is 0 Å². The van der Waals surface area contributed by atoms with E-state index >= 15 is 0 Å². The minimum atomic E-state index is -5.96. The fourth-order valence-corrected chi connectivity index (χ4v) is 2.38. The first-order valence-electron chi connectivity index (χ1n) is 7.78. The Balaban J connectivity index is 2.38. The van der Waals surface area contributed by atoms with E-state index in [4.69, 9.17) is 16.3 Å². The maximum Gasteiger partial charge on any atom is 0.436 e. The lowest BCUT2D eigenvalue weighted by atomic mass is 10.1. The molecule has 0 saturated carbocycles. The zero-order valence-electron chi connectivity index (χ0n) is 14.6. The van der Waals surface area contributed by atoms with E-state index < -0.39 is 29.5 Å². The number of alkyl halides is 6. The van der Waals surface area contributed by atoms with Gasteiger partial charge in [-0.1, -0.05) is 17.7 Å². The lowest BCUT2D eigenvalue weighted by Gasteiger charge is -2.38. The monoisotopic (exact) mass is 441 g/mol. The highest BCUT2D eigenvalue weighted by Crippen LogP contribution is 2.41. The molecule has 0 aliphatic carbocycles. The number of halogens is 7. The molecule has 1 amide bonds. The number of methoxy groups -OCH3 is 1. The third kappa shape index (κ3) is 5.04. The molecule has 0 atom stereocenters. The summed E-state index contributed by atoms with van der Waals surface area (Å²) in [5.74, 6) is -1.34. The van der Waals surface area contributed by atoms with Crippen LogP contribution < -0.4 is 20.9 Å². The van der Waals surface area contributed by atoms with Crippen LogP contribution in [0, 0.1) is 0 Å². The minimum absolute atomic E-state index is 0.0729. The molecule has 0 saturated heterocycles. The Morgan fingerprint density at radius 1 is 0.966 bits per heavy atom. The van der Waals surface area contributed by atoms with Crippen molar-refractivity contribution in [1.29, 1.82) is 0 Å². The summed E-state index contributed by atoms with van der Waals surface area (Å²) in [6.45, 7) is 0. The van der Waals surface area contributed by atoms with Gasteiger partial charge in [-0.15, -0.1) is 0 Å². The maximum absolute atomic E-state index is 13.6.